The summed E-state index contributed by atoms with van der Waals surface area (Å²) in [6, 6.07) is 18.3. The van der Waals surface area contributed by atoms with Gasteiger partial charge >= 0.3 is 6.03 Å². The summed E-state index contributed by atoms with van der Waals surface area (Å²) in [6.45, 7) is 4.45. The Labute approximate surface area is 166 Å². The van der Waals surface area contributed by atoms with Crippen LogP contribution in [0.5, 0.6) is 0 Å². The van der Waals surface area contributed by atoms with E-state index >= 15 is 0 Å². The molecule has 2 heterocycles. The number of nitrogens with zero attached hydrogens (tertiary/aromatic N) is 3. The molecule has 0 spiro atoms. The topological polar surface area (TPSA) is 76.7 Å². The molecule has 6 heteroatoms. The lowest BCUT2D eigenvalue weighted by atomic mass is 10.0. The number of nitrogens with one attached hydrogen (secondary N) is 1. The molecular weight excluding hydrogens is 350 g/mol. The Hall–Kier alpha value is -2.86. The van der Waals surface area contributed by atoms with Gasteiger partial charge in [0.25, 0.3) is 0 Å². The van der Waals surface area contributed by atoms with Crippen molar-refractivity contribution in [3.8, 4) is 0 Å². The van der Waals surface area contributed by atoms with E-state index in [1.54, 1.807) is 6.07 Å². The average Bonchev–Trinajstić information content (AvgIpc) is 3.11. The van der Waals surface area contributed by atoms with Gasteiger partial charge in [-0.2, -0.15) is 0 Å². The number of amidine groups is 1. The molecule has 0 aromatic heterocycles. The number of carbonyl (C=O) groups excluding carboxylic acids is 1. The fourth-order valence-electron chi connectivity index (χ4n) is 4.20. The highest BCUT2D eigenvalue weighted by Gasteiger charge is 2.36. The lowest BCUT2D eigenvalue weighted by Crippen LogP contribution is -2.46. The standard InChI is InChI=1S/C22H27N5O/c23-21(24)18-7-4-8-20(15-18)27-14-13-26(22(27)28)19-9-11-25(12-10-19)16-17-5-2-1-3-6-17/h1-8,15,19H,9-14,16H2,(H3,23,24). The van der Waals surface area contributed by atoms with Gasteiger partial charge in [0.2, 0.25) is 0 Å². The number of urea groups is 1. The number of nitrogen functional groups attached to an aromatic ring is 1. The summed E-state index contributed by atoms with van der Waals surface area (Å²) in [5.41, 5.74) is 8.41. The molecule has 146 valence electrons. The number of rotatable bonds is 5. The molecule has 2 saturated heterocycles. The normalized spacial score (nSPS) is 18.6. The molecule has 28 heavy (non-hydrogen) atoms. The van der Waals surface area contributed by atoms with Crippen molar-refractivity contribution in [1.82, 2.24) is 9.80 Å². The molecule has 6 nitrogen and oxygen atoms in total. The van der Waals surface area contributed by atoms with Gasteiger partial charge in [-0.05, 0) is 30.5 Å². The minimum absolute atomic E-state index is 0.0242. The molecule has 0 unspecified atom stereocenters. The average molecular weight is 377 g/mol. The van der Waals surface area contributed by atoms with Crippen molar-refractivity contribution < 1.29 is 4.79 Å². The molecule has 2 aliphatic rings. The first kappa shape index (κ1) is 18.5. The largest absolute Gasteiger partial charge is 0.384 e. The SMILES string of the molecule is N=C(N)c1cccc(N2CCN(C3CCN(Cc4ccccc4)CC3)C2=O)c1. The van der Waals surface area contributed by atoms with Crippen LogP contribution in [0.15, 0.2) is 54.6 Å². The van der Waals surface area contributed by atoms with E-state index in [0.717, 1.165) is 44.7 Å². The van der Waals surface area contributed by atoms with Gasteiger partial charge in [-0.15, -0.1) is 0 Å². The maximum atomic E-state index is 13.0. The van der Waals surface area contributed by atoms with Crippen molar-refractivity contribution in [2.75, 3.05) is 31.1 Å². The van der Waals surface area contributed by atoms with E-state index in [9.17, 15) is 4.79 Å². The number of anilines is 1. The van der Waals surface area contributed by atoms with E-state index in [1.165, 1.54) is 5.56 Å². The first-order valence-electron chi connectivity index (χ1n) is 9.91. The zero-order chi connectivity index (χ0) is 19.5. The lowest BCUT2D eigenvalue weighted by molar-refractivity contribution is 0.133. The fraction of sp³-hybridized carbons (Fsp3) is 0.364. The van der Waals surface area contributed by atoms with E-state index in [2.05, 4.69) is 29.2 Å². The number of carbonyl (C=O) groups is 1. The second-order valence-corrected chi connectivity index (χ2v) is 7.58. The van der Waals surface area contributed by atoms with Crippen LogP contribution >= 0.6 is 0 Å². The Kier molecular flexibility index (Phi) is 5.30. The highest BCUT2D eigenvalue weighted by atomic mass is 16.2. The van der Waals surface area contributed by atoms with E-state index in [1.807, 2.05) is 34.1 Å². The third kappa shape index (κ3) is 3.87. The van der Waals surface area contributed by atoms with Gasteiger partial charge < -0.3 is 10.6 Å². The monoisotopic (exact) mass is 377 g/mol. The summed E-state index contributed by atoms with van der Waals surface area (Å²) in [5, 5.41) is 7.61. The van der Waals surface area contributed by atoms with Gasteiger partial charge in [-0.1, -0.05) is 42.5 Å². The van der Waals surface area contributed by atoms with Crippen LogP contribution < -0.4 is 10.6 Å². The molecule has 2 aromatic carbocycles. The molecule has 2 fully saturated rings. The van der Waals surface area contributed by atoms with E-state index in [-0.39, 0.29) is 11.9 Å². The van der Waals surface area contributed by atoms with Crippen molar-refractivity contribution in [1.29, 1.82) is 5.41 Å². The zero-order valence-electron chi connectivity index (χ0n) is 16.1. The Bertz CT molecular complexity index is 845. The Morgan fingerprint density at radius 3 is 2.46 bits per heavy atom. The van der Waals surface area contributed by atoms with Crippen LogP contribution in [0, 0.1) is 5.41 Å². The summed E-state index contributed by atoms with van der Waals surface area (Å²) in [6.07, 6.45) is 2.03. The van der Waals surface area contributed by atoms with E-state index in [4.69, 9.17) is 11.1 Å². The van der Waals surface area contributed by atoms with E-state index in [0.29, 0.717) is 18.2 Å². The second kappa shape index (κ2) is 8.02. The number of hydrogen-bond acceptors (Lipinski definition) is 3. The van der Waals surface area contributed by atoms with Crippen molar-refractivity contribution in [2.24, 2.45) is 5.73 Å². The lowest BCUT2D eigenvalue weighted by Gasteiger charge is -2.36. The Morgan fingerprint density at radius 2 is 1.75 bits per heavy atom. The summed E-state index contributed by atoms with van der Waals surface area (Å²) >= 11 is 0. The number of piperidine rings is 1. The van der Waals surface area contributed by atoms with Crippen LogP contribution in [0.1, 0.15) is 24.0 Å². The minimum Gasteiger partial charge on any atom is -0.384 e. The number of benzene rings is 2. The molecular formula is C22H27N5O. The van der Waals surface area contributed by atoms with Gasteiger partial charge in [0.05, 0.1) is 0 Å². The first-order chi connectivity index (χ1) is 13.6. The third-order valence-electron chi connectivity index (χ3n) is 5.76. The quantitative estimate of drug-likeness (QED) is 0.621. The molecule has 0 atom stereocenters. The predicted octanol–water partition coefficient (Wildman–Crippen LogP) is 2.88. The van der Waals surface area contributed by atoms with Gasteiger partial charge in [0, 0.05) is 50.0 Å². The Balaban J connectivity index is 1.36. The van der Waals surface area contributed by atoms with Crippen LogP contribution in [0.3, 0.4) is 0 Å². The summed E-state index contributed by atoms with van der Waals surface area (Å²) in [4.78, 5) is 19.3. The maximum absolute atomic E-state index is 13.0. The van der Waals surface area contributed by atoms with Crippen LogP contribution in [-0.2, 0) is 6.54 Å². The van der Waals surface area contributed by atoms with Crippen molar-refractivity contribution >= 4 is 17.6 Å². The summed E-state index contributed by atoms with van der Waals surface area (Å²) in [7, 11) is 0. The van der Waals surface area contributed by atoms with Crippen LogP contribution in [0.4, 0.5) is 10.5 Å². The van der Waals surface area contributed by atoms with Crippen molar-refractivity contribution in [3.63, 3.8) is 0 Å². The first-order valence-corrected chi connectivity index (χ1v) is 9.91. The highest BCUT2D eigenvalue weighted by molar-refractivity contribution is 5.99. The molecule has 0 bridgehead atoms. The Morgan fingerprint density at radius 1 is 1.00 bits per heavy atom. The number of hydrogen-bond donors (Lipinski definition) is 2. The second-order valence-electron chi connectivity index (χ2n) is 7.58. The maximum Gasteiger partial charge on any atom is 0.324 e. The number of amides is 2. The predicted molar refractivity (Wildman–Crippen MR) is 112 cm³/mol. The number of nitrogens with two attached hydrogens (primary N) is 1. The van der Waals surface area contributed by atoms with E-state index < -0.39 is 0 Å². The highest BCUT2D eigenvalue weighted by Crippen LogP contribution is 2.26. The number of likely N-dealkylation sites (tertiary alicyclic amines) is 1. The van der Waals surface area contributed by atoms with Crippen molar-refractivity contribution in [2.45, 2.75) is 25.4 Å². The molecule has 2 aromatic rings. The molecule has 0 saturated carbocycles. The third-order valence-corrected chi connectivity index (χ3v) is 5.76. The van der Waals surface area contributed by atoms with Crippen LogP contribution in [-0.4, -0.2) is 53.9 Å². The minimum atomic E-state index is 0.0242. The molecule has 0 radical (unpaired) electrons. The van der Waals surface area contributed by atoms with Gasteiger partial charge in [0.15, 0.2) is 0 Å². The van der Waals surface area contributed by atoms with Crippen LogP contribution in [0.2, 0.25) is 0 Å². The summed E-state index contributed by atoms with van der Waals surface area (Å²) in [5.74, 6) is 0.0242. The zero-order valence-corrected chi connectivity index (χ0v) is 16.1. The molecule has 4 rings (SSSR count). The fourth-order valence-corrected chi connectivity index (χ4v) is 4.20. The van der Waals surface area contributed by atoms with Gasteiger partial charge in [-0.3, -0.25) is 15.2 Å². The molecule has 0 aliphatic carbocycles. The molecule has 2 aliphatic heterocycles. The smallest absolute Gasteiger partial charge is 0.324 e. The molecule has 3 N–H and O–H groups in total. The van der Waals surface area contributed by atoms with Gasteiger partial charge in [-0.25, -0.2) is 4.79 Å². The molecule has 2 amide bonds. The van der Waals surface area contributed by atoms with Crippen molar-refractivity contribution in [3.05, 3.63) is 65.7 Å². The van der Waals surface area contributed by atoms with Crippen LogP contribution in [0.25, 0.3) is 0 Å². The van der Waals surface area contributed by atoms with Gasteiger partial charge in [0.1, 0.15) is 5.84 Å². The summed E-state index contributed by atoms with van der Waals surface area (Å²) < 4.78 is 0.